The van der Waals surface area contributed by atoms with E-state index in [1.165, 1.54) is 0 Å². The van der Waals surface area contributed by atoms with Gasteiger partial charge in [-0.3, -0.25) is 9.36 Å². The van der Waals surface area contributed by atoms with Crippen LogP contribution in [0.15, 0.2) is 36.4 Å². The van der Waals surface area contributed by atoms with Gasteiger partial charge < -0.3 is 14.4 Å². The summed E-state index contributed by atoms with van der Waals surface area (Å²) in [4.78, 5) is 11.8. The summed E-state index contributed by atoms with van der Waals surface area (Å²) < 4.78 is 24.3. The summed E-state index contributed by atoms with van der Waals surface area (Å²) in [6, 6.07) is 11.3. The largest absolute Gasteiger partial charge is 0.507 e. The van der Waals surface area contributed by atoms with Gasteiger partial charge in [0.05, 0.1) is 24.8 Å². The maximum absolute atomic E-state index is 13.4. The number of phenolic OH excluding ortho intramolecular Hbond substituents is 1. The Morgan fingerprint density at radius 1 is 1.16 bits per heavy atom. The SMILES string of the molecule is CCCCCc1cc(O)c(-c2cccc(C)c2)c(OP(=O)(CCC(=O)OCC)NC)c1. The van der Waals surface area contributed by atoms with Crippen LogP contribution in [0.1, 0.15) is 50.7 Å². The highest BCUT2D eigenvalue weighted by Crippen LogP contribution is 2.49. The van der Waals surface area contributed by atoms with Crippen LogP contribution in [0.5, 0.6) is 11.5 Å². The lowest BCUT2D eigenvalue weighted by Crippen LogP contribution is -2.16. The Bertz CT molecular complexity index is 928. The van der Waals surface area contributed by atoms with Crippen molar-refractivity contribution in [2.75, 3.05) is 19.8 Å². The molecule has 0 aliphatic rings. The predicted molar refractivity (Wildman–Crippen MR) is 125 cm³/mol. The highest BCUT2D eigenvalue weighted by atomic mass is 31.2. The standard InChI is InChI=1S/C24H34NO5P/c1-5-7-8-11-19-16-21(26)24(20-12-9-10-18(3)15-20)22(17-19)30-31(28,25-4)14-13-23(27)29-6-2/h9-10,12,15-17,26H,5-8,11,13-14H2,1-4H3,(H,25,28). The second kappa shape index (κ2) is 11.9. The molecule has 0 spiro atoms. The van der Waals surface area contributed by atoms with Crippen LogP contribution in [0.4, 0.5) is 0 Å². The smallest absolute Gasteiger partial charge is 0.316 e. The maximum Gasteiger partial charge on any atom is 0.316 e. The lowest BCUT2D eigenvalue weighted by atomic mass is 9.98. The van der Waals surface area contributed by atoms with Gasteiger partial charge in [0.25, 0.3) is 0 Å². The Morgan fingerprint density at radius 3 is 2.58 bits per heavy atom. The third-order valence-corrected chi connectivity index (χ3v) is 7.00. The minimum Gasteiger partial charge on any atom is -0.507 e. The molecule has 2 N–H and O–H groups in total. The summed E-state index contributed by atoms with van der Waals surface area (Å²) in [6.07, 6.45) is 3.94. The topological polar surface area (TPSA) is 84.9 Å². The van der Waals surface area contributed by atoms with Gasteiger partial charge in [0.1, 0.15) is 11.5 Å². The van der Waals surface area contributed by atoms with Crippen LogP contribution in [0.2, 0.25) is 0 Å². The number of aryl methyl sites for hydroxylation is 2. The molecule has 0 saturated carbocycles. The van der Waals surface area contributed by atoms with Gasteiger partial charge in [-0.05, 0) is 57.0 Å². The van der Waals surface area contributed by atoms with Crippen molar-refractivity contribution in [2.45, 2.75) is 52.9 Å². The Balaban J connectivity index is 2.42. The number of rotatable bonds is 12. The quantitative estimate of drug-likeness (QED) is 0.241. The summed E-state index contributed by atoms with van der Waals surface area (Å²) in [5.41, 5.74) is 3.23. The van der Waals surface area contributed by atoms with E-state index in [4.69, 9.17) is 9.26 Å². The normalized spacial score (nSPS) is 12.9. The van der Waals surface area contributed by atoms with Crippen LogP contribution in [0, 0.1) is 6.92 Å². The molecule has 6 nitrogen and oxygen atoms in total. The molecular weight excluding hydrogens is 413 g/mol. The molecule has 1 unspecified atom stereocenters. The number of esters is 1. The molecule has 0 amide bonds. The number of phenols is 1. The maximum atomic E-state index is 13.4. The molecule has 0 aromatic heterocycles. The molecule has 170 valence electrons. The van der Waals surface area contributed by atoms with E-state index >= 15 is 0 Å². The Hall–Kier alpha value is -2.30. The first-order valence-electron chi connectivity index (χ1n) is 10.9. The van der Waals surface area contributed by atoms with E-state index in [1.807, 2.05) is 37.3 Å². The van der Waals surface area contributed by atoms with E-state index in [-0.39, 0.29) is 24.9 Å². The summed E-state index contributed by atoms with van der Waals surface area (Å²) in [5.74, 6) is 0.0120. The average molecular weight is 448 g/mol. The van der Waals surface area contributed by atoms with Crippen LogP contribution < -0.4 is 9.61 Å². The fourth-order valence-electron chi connectivity index (χ4n) is 3.38. The number of aromatic hydroxyl groups is 1. The molecule has 2 aromatic carbocycles. The van der Waals surface area contributed by atoms with E-state index in [2.05, 4.69) is 12.0 Å². The Kier molecular flexibility index (Phi) is 9.60. The van der Waals surface area contributed by atoms with Crippen LogP contribution in [0.3, 0.4) is 0 Å². The number of hydrogen-bond acceptors (Lipinski definition) is 5. The molecule has 0 heterocycles. The number of carbonyl (C=O) groups excluding carboxylic acids is 1. The number of hydrogen-bond donors (Lipinski definition) is 2. The minimum absolute atomic E-state index is 0.00356. The van der Waals surface area contributed by atoms with E-state index in [0.29, 0.717) is 11.3 Å². The molecule has 0 radical (unpaired) electrons. The zero-order valence-corrected chi connectivity index (χ0v) is 19.8. The van der Waals surface area contributed by atoms with Crippen molar-refractivity contribution in [3.05, 3.63) is 47.5 Å². The second-order valence-corrected chi connectivity index (χ2v) is 10.0. The van der Waals surface area contributed by atoms with E-state index < -0.39 is 13.5 Å². The summed E-state index contributed by atoms with van der Waals surface area (Å²) in [7, 11) is -1.85. The average Bonchev–Trinajstić information content (AvgIpc) is 2.72. The van der Waals surface area contributed by atoms with Gasteiger partial charge in [0, 0.05) is 0 Å². The first-order valence-corrected chi connectivity index (χ1v) is 12.7. The first kappa shape index (κ1) is 25.0. The molecular formula is C24H34NO5P. The monoisotopic (exact) mass is 447 g/mol. The molecule has 2 rings (SSSR count). The zero-order chi connectivity index (χ0) is 22.9. The van der Waals surface area contributed by atoms with Crippen molar-refractivity contribution in [3.8, 4) is 22.6 Å². The van der Waals surface area contributed by atoms with Crippen molar-refractivity contribution in [2.24, 2.45) is 0 Å². The van der Waals surface area contributed by atoms with Gasteiger partial charge in [0.2, 0.25) is 0 Å². The minimum atomic E-state index is -3.39. The third-order valence-electron chi connectivity index (χ3n) is 5.02. The highest BCUT2D eigenvalue weighted by molar-refractivity contribution is 7.57. The molecule has 1 atom stereocenters. The Labute approximate surface area is 185 Å². The Morgan fingerprint density at radius 2 is 1.94 bits per heavy atom. The van der Waals surface area contributed by atoms with Gasteiger partial charge in [-0.2, -0.15) is 0 Å². The molecule has 7 heteroatoms. The zero-order valence-electron chi connectivity index (χ0n) is 18.9. The summed E-state index contributed by atoms with van der Waals surface area (Å²) in [6.45, 7) is 6.11. The van der Waals surface area contributed by atoms with Crippen LogP contribution >= 0.6 is 7.52 Å². The van der Waals surface area contributed by atoms with E-state index in [1.54, 1.807) is 20.0 Å². The number of carbonyl (C=O) groups is 1. The summed E-state index contributed by atoms with van der Waals surface area (Å²) in [5, 5.41) is 13.6. The molecule has 31 heavy (non-hydrogen) atoms. The number of nitrogens with one attached hydrogen (secondary N) is 1. The van der Waals surface area contributed by atoms with Crippen molar-refractivity contribution in [3.63, 3.8) is 0 Å². The number of ether oxygens (including phenoxy) is 1. The van der Waals surface area contributed by atoms with Crippen LogP contribution in [-0.2, 0) is 20.5 Å². The molecule has 0 bridgehead atoms. The second-order valence-electron chi connectivity index (χ2n) is 7.58. The van der Waals surface area contributed by atoms with Crippen molar-refractivity contribution < 1.29 is 23.7 Å². The number of benzene rings is 2. The van der Waals surface area contributed by atoms with Gasteiger partial charge >= 0.3 is 13.5 Å². The fraction of sp³-hybridized carbons (Fsp3) is 0.458. The molecule has 0 aliphatic heterocycles. The lowest BCUT2D eigenvalue weighted by molar-refractivity contribution is -0.142. The van der Waals surface area contributed by atoms with Crippen molar-refractivity contribution >= 4 is 13.5 Å². The van der Waals surface area contributed by atoms with Gasteiger partial charge in [-0.15, -0.1) is 0 Å². The number of unbranched alkanes of at least 4 members (excludes halogenated alkanes) is 2. The fourth-order valence-corrected chi connectivity index (χ4v) is 4.72. The van der Waals surface area contributed by atoms with E-state index in [9.17, 15) is 14.5 Å². The summed E-state index contributed by atoms with van der Waals surface area (Å²) >= 11 is 0. The molecule has 0 fully saturated rings. The molecule has 2 aromatic rings. The van der Waals surface area contributed by atoms with E-state index in [0.717, 1.165) is 42.4 Å². The highest BCUT2D eigenvalue weighted by Gasteiger charge is 2.27. The molecule has 0 saturated heterocycles. The predicted octanol–water partition coefficient (Wildman–Crippen LogP) is 5.84. The van der Waals surface area contributed by atoms with Crippen molar-refractivity contribution in [1.82, 2.24) is 5.09 Å². The van der Waals surface area contributed by atoms with Crippen LogP contribution in [0.25, 0.3) is 11.1 Å². The van der Waals surface area contributed by atoms with Crippen LogP contribution in [-0.4, -0.2) is 30.9 Å². The van der Waals surface area contributed by atoms with Gasteiger partial charge in [-0.1, -0.05) is 49.6 Å². The first-order chi connectivity index (χ1) is 14.8. The van der Waals surface area contributed by atoms with Crippen molar-refractivity contribution in [1.29, 1.82) is 0 Å². The van der Waals surface area contributed by atoms with Gasteiger partial charge in [0.15, 0.2) is 0 Å². The lowest BCUT2D eigenvalue weighted by Gasteiger charge is -2.22. The van der Waals surface area contributed by atoms with Gasteiger partial charge in [-0.25, -0.2) is 5.09 Å². The third kappa shape index (κ3) is 7.41. The molecule has 0 aliphatic carbocycles.